The monoisotopic (exact) mass is 281 g/mol. The van der Waals surface area contributed by atoms with Crippen molar-refractivity contribution < 1.29 is 18.0 Å². The summed E-state index contributed by atoms with van der Waals surface area (Å²) in [6.45, 7) is 3.13. The summed E-state index contributed by atoms with van der Waals surface area (Å²) in [4.78, 5) is 15.1. The normalized spacial score (nSPS) is 20.2. The third kappa shape index (κ3) is 5.78. The van der Waals surface area contributed by atoms with Crippen LogP contribution in [0.3, 0.4) is 0 Å². The Morgan fingerprint density at radius 3 is 2.53 bits per heavy atom. The highest BCUT2D eigenvalue weighted by atomic mass is 19.4. The summed E-state index contributed by atoms with van der Waals surface area (Å²) < 4.78 is 37.0. The maximum atomic E-state index is 12.3. The highest BCUT2D eigenvalue weighted by Crippen LogP contribution is 2.18. The molecule has 19 heavy (non-hydrogen) atoms. The van der Waals surface area contributed by atoms with Crippen molar-refractivity contribution in [2.75, 3.05) is 46.3 Å². The summed E-state index contributed by atoms with van der Waals surface area (Å²) >= 11 is 0. The van der Waals surface area contributed by atoms with Crippen LogP contribution < -0.4 is 5.32 Å². The lowest BCUT2D eigenvalue weighted by Crippen LogP contribution is -2.41. The standard InChI is InChI=1S/C12H22F3N3O/c1-10(8-16-2)11(19)18-5-3-4-17(6-7-18)9-12(13,14)15/h10,16H,3-9H2,1-2H3. The number of amides is 1. The summed E-state index contributed by atoms with van der Waals surface area (Å²) in [5, 5.41) is 2.94. The van der Waals surface area contributed by atoms with Gasteiger partial charge >= 0.3 is 6.18 Å². The first kappa shape index (κ1) is 16.2. The number of carbonyl (C=O) groups is 1. The predicted molar refractivity (Wildman–Crippen MR) is 66.8 cm³/mol. The molecule has 0 aromatic carbocycles. The van der Waals surface area contributed by atoms with E-state index in [-0.39, 0.29) is 18.4 Å². The first-order chi connectivity index (χ1) is 8.83. The molecule has 1 aliphatic rings. The number of halogens is 3. The molecule has 4 nitrogen and oxygen atoms in total. The highest BCUT2D eigenvalue weighted by Gasteiger charge is 2.32. The largest absolute Gasteiger partial charge is 0.401 e. The molecule has 1 rings (SSSR count). The molecule has 0 saturated carbocycles. The van der Waals surface area contributed by atoms with E-state index in [2.05, 4.69) is 5.32 Å². The molecule has 1 amide bonds. The molecule has 1 atom stereocenters. The number of carbonyl (C=O) groups excluding carboxylic acids is 1. The zero-order valence-electron chi connectivity index (χ0n) is 11.5. The Bertz CT molecular complexity index is 296. The Labute approximate surface area is 111 Å². The van der Waals surface area contributed by atoms with E-state index in [4.69, 9.17) is 0 Å². The molecule has 0 bridgehead atoms. The van der Waals surface area contributed by atoms with E-state index in [1.165, 1.54) is 4.90 Å². The van der Waals surface area contributed by atoms with Gasteiger partial charge in [0.15, 0.2) is 0 Å². The van der Waals surface area contributed by atoms with Gasteiger partial charge in [-0.1, -0.05) is 6.92 Å². The molecule has 1 unspecified atom stereocenters. The van der Waals surface area contributed by atoms with Gasteiger partial charge < -0.3 is 10.2 Å². The molecular formula is C12H22F3N3O. The van der Waals surface area contributed by atoms with Crippen LogP contribution in [0.4, 0.5) is 13.2 Å². The first-order valence-corrected chi connectivity index (χ1v) is 6.56. The third-order valence-corrected chi connectivity index (χ3v) is 3.23. The van der Waals surface area contributed by atoms with E-state index in [1.54, 1.807) is 11.9 Å². The van der Waals surface area contributed by atoms with Crippen molar-refractivity contribution in [2.24, 2.45) is 5.92 Å². The number of nitrogens with zero attached hydrogens (tertiary/aromatic N) is 2. The van der Waals surface area contributed by atoms with Gasteiger partial charge in [-0.3, -0.25) is 9.69 Å². The lowest BCUT2D eigenvalue weighted by atomic mass is 10.1. The minimum absolute atomic E-state index is 0.0169. The lowest BCUT2D eigenvalue weighted by Gasteiger charge is -2.25. The molecule has 1 fully saturated rings. The predicted octanol–water partition coefficient (Wildman–Crippen LogP) is 0.938. The lowest BCUT2D eigenvalue weighted by molar-refractivity contribution is -0.145. The van der Waals surface area contributed by atoms with Crippen molar-refractivity contribution in [3.8, 4) is 0 Å². The van der Waals surface area contributed by atoms with Crippen LogP contribution >= 0.6 is 0 Å². The fourth-order valence-corrected chi connectivity index (χ4v) is 2.31. The Balaban J connectivity index is 2.47. The SMILES string of the molecule is CNCC(C)C(=O)N1CCCN(CC(F)(F)F)CC1. The van der Waals surface area contributed by atoms with Crippen LogP contribution in [0.5, 0.6) is 0 Å². The molecule has 1 N–H and O–H groups in total. The minimum atomic E-state index is -4.17. The summed E-state index contributed by atoms with van der Waals surface area (Å²) in [6.07, 6.45) is -3.58. The number of hydrogen-bond acceptors (Lipinski definition) is 3. The fraction of sp³-hybridized carbons (Fsp3) is 0.917. The maximum absolute atomic E-state index is 12.3. The molecule has 0 aromatic heterocycles. The minimum Gasteiger partial charge on any atom is -0.341 e. The first-order valence-electron chi connectivity index (χ1n) is 6.56. The maximum Gasteiger partial charge on any atom is 0.401 e. The molecule has 0 radical (unpaired) electrons. The van der Waals surface area contributed by atoms with Gasteiger partial charge in [0.05, 0.1) is 6.54 Å². The molecule has 0 spiro atoms. The Kier molecular flexibility index (Phi) is 6.06. The molecule has 1 saturated heterocycles. The van der Waals surface area contributed by atoms with Gasteiger partial charge in [0.25, 0.3) is 0 Å². The van der Waals surface area contributed by atoms with Gasteiger partial charge in [-0.05, 0) is 13.5 Å². The topological polar surface area (TPSA) is 35.6 Å². The molecular weight excluding hydrogens is 259 g/mol. The van der Waals surface area contributed by atoms with Crippen LogP contribution in [0.25, 0.3) is 0 Å². The smallest absolute Gasteiger partial charge is 0.341 e. The average Bonchev–Trinajstić information content (AvgIpc) is 2.52. The van der Waals surface area contributed by atoms with Crippen molar-refractivity contribution in [3.05, 3.63) is 0 Å². The van der Waals surface area contributed by atoms with Crippen molar-refractivity contribution in [1.82, 2.24) is 15.1 Å². The molecule has 1 heterocycles. The number of alkyl halides is 3. The summed E-state index contributed by atoms with van der Waals surface area (Å²) in [5.74, 6) is -0.123. The second-order valence-electron chi connectivity index (χ2n) is 5.03. The summed E-state index contributed by atoms with van der Waals surface area (Å²) in [6, 6.07) is 0. The number of rotatable bonds is 4. The average molecular weight is 281 g/mol. The van der Waals surface area contributed by atoms with Gasteiger partial charge in [0.1, 0.15) is 0 Å². The van der Waals surface area contributed by atoms with Crippen molar-refractivity contribution in [1.29, 1.82) is 0 Å². The van der Waals surface area contributed by atoms with E-state index in [0.717, 1.165) is 0 Å². The van der Waals surface area contributed by atoms with E-state index in [0.29, 0.717) is 32.6 Å². The molecule has 1 aliphatic heterocycles. The number of hydrogen-bond donors (Lipinski definition) is 1. The van der Waals surface area contributed by atoms with Gasteiger partial charge in [-0.15, -0.1) is 0 Å². The van der Waals surface area contributed by atoms with Crippen LogP contribution in [0.2, 0.25) is 0 Å². The second kappa shape index (κ2) is 7.09. The zero-order chi connectivity index (χ0) is 14.5. The van der Waals surface area contributed by atoms with E-state index in [9.17, 15) is 18.0 Å². The quantitative estimate of drug-likeness (QED) is 0.833. The zero-order valence-corrected chi connectivity index (χ0v) is 11.5. The van der Waals surface area contributed by atoms with E-state index < -0.39 is 12.7 Å². The van der Waals surface area contributed by atoms with Crippen molar-refractivity contribution >= 4 is 5.91 Å². The second-order valence-corrected chi connectivity index (χ2v) is 5.03. The fourth-order valence-electron chi connectivity index (χ4n) is 2.31. The van der Waals surface area contributed by atoms with Crippen LogP contribution in [0.1, 0.15) is 13.3 Å². The van der Waals surface area contributed by atoms with Crippen LogP contribution in [0.15, 0.2) is 0 Å². The van der Waals surface area contributed by atoms with Crippen LogP contribution in [0, 0.1) is 5.92 Å². The van der Waals surface area contributed by atoms with Gasteiger partial charge in [0, 0.05) is 38.6 Å². The summed E-state index contributed by atoms with van der Waals surface area (Å²) in [5.41, 5.74) is 0. The Hall–Kier alpha value is -0.820. The van der Waals surface area contributed by atoms with Crippen molar-refractivity contribution in [2.45, 2.75) is 19.5 Å². The van der Waals surface area contributed by atoms with Crippen LogP contribution in [-0.2, 0) is 4.79 Å². The Morgan fingerprint density at radius 1 is 1.26 bits per heavy atom. The summed E-state index contributed by atoms with van der Waals surface area (Å²) in [7, 11) is 1.78. The molecule has 7 heteroatoms. The third-order valence-electron chi connectivity index (χ3n) is 3.23. The molecule has 112 valence electrons. The molecule has 0 aromatic rings. The number of nitrogens with one attached hydrogen (secondary N) is 1. The van der Waals surface area contributed by atoms with Crippen LogP contribution in [-0.4, -0.2) is 68.2 Å². The highest BCUT2D eigenvalue weighted by molar-refractivity contribution is 5.78. The molecule has 0 aliphatic carbocycles. The van der Waals surface area contributed by atoms with Gasteiger partial charge in [-0.25, -0.2) is 0 Å². The van der Waals surface area contributed by atoms with Gasteiger partial charge in [0.2, 0.25) is 5.91 Å². The van der Waals surface area contributed by atoms with Crippen molar-refractivity contribution in [3.63, 3.8) is 0 Å². The Morgan fingerprint density at radius 2 is 1.95 bits per heavy atom. The van der Waals surface area contributed by atoms with Gasteiger partial charge in [-0.2, -0.15) is 13.2 Å². The van der Waals surface area contributed by atoms with E-state index in [1.807, 2.05) is 6.92 Å². The van der Waals surface area contributed by atoms with E-state index >= 15 is 0 Å².